The van der Waals surface area contributed by atoms with Gasteiger partial charge in [0.2, 0.25) is 0 Å². The van der Waals surface area contributed by atoms with E-state index in [9.17, 15) is 22.4 Å². The molecule has 1 heterocycles. The third kappa shape index (κ3) is 3.48. The van der Waals surface area contributed by atoms with E-state index in [1.807, 2.05) is 0 Å². The zero-order valence-electron chi connectivity index (χ0n) is 11.1. The molecule has 0 aliphatic rings. The lowest BCUT2D eigenvalue weighted by Gasteiger charge is -2.10. The highest BCUT2D eigenvalue weighted by atomic mass is 19.4. The smallest absolute Gasteiger partial charge is 0.294 e. The van der Waals surface area contributed by atoms with Crippen LogP contribution in [0, 0.1) is 5.82 Å². The largest absolute Gasteiger partial charge is 0.419 e. The van der Waals surface area contributed by atoms with Gasteiger partial charge in [-0.25, -0.2) is 4.39 Å². The second-order valence-corrected chi connectivity index (χ2v) is 4.61. The predicted octanol–water partition coefficient (Wildman–Crippen LogP) is 3.39. The molecule has 7 heteroatoms. The van der Waals surface area contributed by atoms with E-state index >= 15 is 0 Å². The van der Waals surface area contributed by atoms with Crippen LogP contribution < -0.4 is 0 Å². The SMILES string of the molecule is Cn1cc(CCC(=O)c2cccc(C(F)(F)F)c2F)cn1. The number of Topliss-reactive ketones (excluding diaryl/α,β-unsaturated/α-hetero) is 1. The Labute approximate surface area is 118 Å². The maximum absolute atomic E-state index is 13.8. The average Bonchev–Trinajstić information content (AvgIpc) is 2.80. The fraction of sp³-hybridized carbons (Fsp3) is 0.286. The standard InChI is InChI=1S/C14H12F4N2O/c1-20-8-9(7-19-20)5-6-12(21)10-3-2-4-11(13(10)15)14(16,17)18/h2-4,7-8H,5-6H2,1H3. The molecular weight excluding hydrogens is 288 g/mol. The van der Waals surface area contributed by atoms with Gasteiger partial charge in [-0.1, -0.05) is 6.07 Å². The number of hydrogen-bond acceptors (Lipinski definition) is 2. The molecule has 2 rings (SSSR count). The van der Waals surface area contributed by atoms with Crippen LogP contribution in [0.3, 0.4) is 0 Å². The summed E-state index contributed by atoms with van der Waals surface area (Å²) in [4.78, 5) is 11.9. The fourth-order valence-corrected chi connectivity index (χ4v) is 1.96. The molecule has 1 aromatic heterocycles. The Kier molecular flexibility index (Phi) is 4.11. The molecule has 0 saturated heterocycles. The average molecular weight is 300 g/mol. The summed E-state index contributed by atoms with van der Waals surface area (Å²) in [5.41, 5.74) is -1.19. The van der Waals surface area contributed by atoms with Crippen molar-refractivity contribution in [2.75, 3.05) is 0 Å². The lowest BCUT2D eigenvalue weighted by molar-refractivity contribution is -0.140. The molecule has 0 aliphatic heterocycles. The molecule has 112 valence electrons. The van der Waals surface area contributed by atoms with Gasteiger partial charge >= 0.3 is 6.18 Å². The number of rotatable bonds is 4. The highest BCUT2D eigenvalue weighted by Gasteiger charge is 2.35. The van der Waals surface area contributed by atoms with E-state index in [-0.39, 0.29) is 6.42 Å². The number of halogens is 4. The number of aryl methyl sites for hydroxylation is 2. The number of carbonyl (C=O) groups is 1. The Balaban J connectivity index is 2.16. The Bertz CT molecular complexity index is 661. The highest BCUT2D eigenvalue weighted by Crippen LogP contribution is 2.32. The topological polar surface area (TPSA) is 34.9 Å². The summed E-state index contributed by atoms with van der Waals surface area (Å²) in [6.07, 6.45) is -1.36. The maximum Gasteiger partial charge on any atom is 0.419 e. The van der Waals surface area contributed by atoms with Crippen molar-refractivity contribution in [1.82, 2.24) is 9.78 Å². The van der Waals surface area contributed by atoms with Crippen LogP contribution in [-0.2, 0) is 19.6 Å². The molecule has 0 bridgehead atoms. The zero-order chi connectivity index (χ0) is 15.6. The van der Waals surface area contributed by atoms with Gasteiger partial charge in [0, 0.05) is 19.7 Å². The summed E-state index contributed by atoms with van der Waals surface area (Å²) in [5.74, 6) is -2.18. The first kappa shape index (κ1) is 15.2. The van der Waals surface area contributed by atoms with Crippen molar-refractivity contribution in [3.05, 3.63) is 53.1 Å². The monoisotopic (exact) mass is 300 g/mol. The highest BCUT2D eigenvalue weighted by molar-refractivity contribution is 5.96. The van der Waals surface area contributed by atoms with Crippen LogP contribution in [0.15, 0.2) is 30.6 Å². The van der Waals surface area contributed by atoms with Crippen molar-refractivity contribution in [2.24, 2.45) is 7.05 Å². The van der Waals surface area contributed by atoms with Crippen LogP contribution in [0.25, 0.3) is 0 Å². The summed E-state index contributed by atoms with van der Waals surface area (Å²) in [5, 5.41) is 3.91. The molecule has 21 heavy (non-hydrogen) atoms. The molecule has 2 aromatic rings. The van der Waals surface area contributed by atoms with Crippen molar-refractivity contribution in [3.8, 4) is 0 Å². The van der Waals surface area contributed by atoms with E-state index in [4.69, 9.17) is 0 Å². The third-order valence-corrected chi connectivity index (χ3v) is 3.00. The quantitative estimate of drug-likeness (QED) is 0.641. The molecule has 0 saturated carbocycles. The molecule has 0 amide bonds. The lowest BCUT2D eigenvalue weighted by atomic mass is 10.0. The second kappa shape index (κ2) is 5.67. The molecular formula is C14H12F4N2O. The van der Waals surface area contributed by atoms with Crippen molar-refractivity contribution in [2.45, 2.75) is 19.0 Å². The lowest BCUT2D eigenvalue weighted by Crippen LogP contribution is -2.12. The van der Waals surface area contributed by atoms with E-state index in [0.717, 1.165) is 17.7 Å². The van der Waals surface area contributed by atoms with Crippen molar-refractivity contribution in [3.63, 3.8) is 0 Å². The van der Waals surface area contributed by atoms with E-state index in [1.165, 1.54) is 0 Å². The van der Waals surface area contributed by atoms with Crippen molar-refractivity contribution in [1.29, 1.82) is 0 Å². The Morgan fingerprint density at radius 2 is 2.05 bits per heavy atom. The maximum atomic E-state index is 13.8. The third-order valence-electron chi connectivity index (χ3n) is 3.00. The van der Waals surface area contributed by atoms with Gasteiger partial charge in [0.25, 0.3) is 0 Å². The number of carbonyl (C=O) groups excluding carboxylic acids is 1. The number of nitrogens with zero attached hydrogens (tertiary/aromatic N) is 2. The molecule has 0 atom stereocenters. The number of hydrogen-bond donors (Lipinski definition) is 0. The Morgan fingerprint density at radius 1 is 1.33 bits per heavy atom. The summed E-state index contributed by atoms with van der Waals surface area (Å²) in [7, 11) is 1.71. The van der Waals surface area contributed by atoms with Gasteiger partial charge in [0.1, 0.15) is 5.82 Å². The molecule has 0 radical (unpaired) electrons. The van der Waals surface area contributed by atoms with E-state index in [2.05, 4.69) is 5.10 Å². The molecule has 1 aromatic carbocycles. The summed E-state index contributed by atoms with van der Waals surface area (Å²) in [6, 6.07) is 2.71. The second-order valence-electron chi connectivity index (χ2n) is 4.61. The predicted molar refractivity (Wildman–Crippen MR) is 67.3 cm³/mol. The van der Waals surface area contributed by atoms with Crippen molar-refractivity contribution >= 4 is 5.78 Å². The van der Waals surface area contributed by atoms with E-state index in [0.29, 0.717) is 12.5 Å². The van der Waals surface area contributed by atoms with Gasteiger partial charge in [-0.15, -0.1) is 0 Å². The van der Waals surface area contributed by atoms with E-state index < -0.39 is 28.9 Å². The summed E-state index contributed by atoms with van der Waals surface area (Å²) < 4.78 is 53.1. The van der Waals surface area contributed by atoms with Crippen LogP contribution in [0.4, 0.5) is 17.6 Å². The number of ketones is 1. The summed E-state index contributed by atoms with van der Waals surface area (Å²) in [6.45, 7) is 0. The summed E-state index contributed by atoms with van der Waals surface area (Å²) >= 11 is 0. The molecule has 0 N–H and O–H groups in total. The van der Waals surface area contributed by atoms with Crippen LogP contribution >= 0.6 is 0 Å². The van der Waals surface area contributed by atoms with Gasteiger partial charge in [0.15, 0.2) is 5.78 Å². The van der Waals surface area contributed by atoms with Gasteiger partial charge in [0.05, 0.1) is 17.3 Å². The Hall–Kier alpha value is -2.18. The fourth-order valence-electron chi connectivity index (χ4n) is 1.96. The van der Waals surface area contributed by atoms with Crippen LogP contribution in [0.5, 0.6) is 0 Å². The Morgan fingerprint density at radius 3 is 2.62 bits per heavy atom. The minimum absolute atomic E-state index is 0.0794. The number of alkyl halides is 3. The molecule has 0 spiro atoms. The first-order valence-corrected chi connectivity index (χ1v) is 6.15. The number of benzene rings is 1. The first-order valence-electron chi connectivity index (χ1n) is 6.15. The van der Waals surface area contributed by atoms with Crippen molar-refractivity contribution < 1.29 is 22.4 Å². The zero-order valence-corrected chi connectivity index (χ0v) is 11.1. The molecule has 0 unspecified atom stereocenters. The van der Waals surface area contributed by atoms with Crippen LogP contribution in [0.1, 0.15) is 27.9 Å². The van der Waals surface area contributed by atoms with Crippen LogP contribution in [0.2, 0.25) is 0 Å². The molecule has 0 fully saturated rings. The van der Waals surface area contributed by atoms with E-state index in [1.54, 1.807) is 24.1 Å². The van der Waals surface area contributed by atoms with Gasteiger partial charge in [-0.3, -0.25) is 9.48 Å². The normalized spacial score (nSPS) is 11.7. The minimum Gasteiger partial charge on any atom is -0.294 e. The van der Waals surface area contributed by atoms with Crippen LogP contribution in [-0.4, -0.2) is 15.6 Å². The van der Waals surface area contributed by atoms with Gasteiger partial charge in [-0.2, -0.15) is 18.3 Å². The number of aromatic nitrogens is 2. The molecule has 0 aliphatic carbocycles. The first-order chi connectivity index (χ1) is 9.79. The minimum atomic E-state index is -4.82. The van der Waals surface area contributed by atoms with Gasteiger partial charge in [-0.05, 0) is 24.1 Å². The molecule has 3 nitrogen and oxygen atoms in total. The van der Waals surface area contributed by atoms with Gasteiger partial charge < -0.3 is 0 Å².